The minimum absolute atomic E-state index is 0.0421. The number of nitro groups is 1. The fraction of sp³-hybridized carbons (Fsp3) is 0.417. The van der Waals surface area contributed by atoms with E-state index in [2.05, 4.69) is 4.72 Å². The Morgan fingerprint density at radius 3 is 2.62 bits per heavy atom. The monoisotopic (exact) mass is 329 g/mol. The van der Waals surface area contributed by atoms with Crippen LogP contribution in [0.3, 0.4) is 0 Å². The van der Waals surface area contributed by atoms with Gasteiger partial charge in [-0.1, -0.05) is 11.6 Å². The van der Waals surface area contributed by atoms with Gasteiger partial charge in [0.05, 0.1) is 15.9 Å². The number of benzene rings is 1. The predicted octanol–water partition coefficient (Wildman–Crippen LogP) is 2.22. The van der Waals surface area contributed by atoms with Gasteiger partial charge in [-0.2, -0.15) is 9.98 Å². The highest BCUT2D eigenvalue weighted by Crippen LogP contribution is 2.40. The van der Waals surface area contributed by atoms with E-state index in [1.165, 1.54) is 13.0 Å². The van der Waals surface area contributed by atoms with Gasteiger partial charge in [-0.3, -0.25) is 10.1 Å². The number of hydrogen-bond acceptors (Lipinski definition) is 5. The topological polar surface area (TPSA) is 113 Å². The molecule has 1 N–H and O–H groups in total. The summed E-state index contributed by atoms with van der Waals surface area (Å²) in [5.74, 6) is -0.0421. The predicted molar refractivity (Wildman–Crippen MR) is 75.2 cm³/mol. The highest BCUT2D eigenvalue weighted by atomic mass is 35.5. The van der Waals surface area contributed by atoms with Crippen molar-refractivity contribution in [3.63, 3.8) is 0 Å². The number of rotatable bonds is 5. The van der Waals surface area contributed by atoms with E-state index in [1.807, 2.05) is 6.07 Å². The Balaban J connectivity index is 2.38. The Labute approximate surface area is 126 Å². The molecule has 9 heteroatoms. The average Bonchev–Trinajstić information content (AvgIpc) is 3.22. The summed E-state index contributed by atoms with van der Waals surface area (Å²) in [4.78, 5) is 9.76. The molecule has 1 aromatic rings. The van der Waals surface area contributed by atoms with Crippen molar-refractivity contribution in [2.75, 3.05) is 0 Å². The Morgan fingerprint density at radius 2 is 2.14 bits per heavy atom. The lowest BCUT2D eigenvalue weighted by Crippen LogP contribution is -2.46. The lowest BCUT2D eigenvalue weighted by Gasteiger charge is -2.22. The summed E-state index contributed by atoms with van der Waals surface area (Å²) in [6.45, 7) is 1.51. The molecular formula is C12H12ClN3O4S. The second-order valence-electron chi connectivity index (χ2n) is 5.06. The van der Waals surface area contributed by atoms with Crippen LogP contribution in [0.1, 0.15) is 19.8 Å². The van der Waals surface area contributed by atoms with Crippen molar-refractivity contribution < 1.29 is 13.3 Å². The third-order valence-corrected chi connectivity index (χ3v) is 5.28. The van der Waals surface area contributed by atoms with Gasteiger partial charge >= 0.3 is 0 Å². The number of nitro benzene ring substituents is 1. The quantitative estimate of drug-likeness (QED) is 0.657. The number of nitrogens with zero attached hydrogens (tertiary/aromatic N) is 2. The minimum Gasteiger partial charge on any atom is -0.258 e. The van der Waals surface area contributed by atoms with Gasteiger partial charge < -0.3 is 0 Å². The summed E-state index contributed by atoms with van der Waals surface area (Å²) < 4.78 is 26.9. The fourth-order valence-corrected chi connectivity index (χ4v) is 3.58. The molecule has 1 atom stereocenters. The Kier molecular flexibility index (Phi) is 3.93. The van der Waals surface area contributed by atoms with Crippen LogP contribution in [0.4, 0.5) is 5.69 Å². The van der Waals surface area contributed by atoms with E-state index in [0.717, 1.165) is 25.0 Å². The SMILES string of the molecule is C[C@](C#N)(NS(=O)(=O)c1ccc(Cl)c([N+](=O)[O-])c1)C1CC1. The lowest BCUT2D eigenvalue weighted by molar-refractivity contribution is -0.384. The first kappa shape index (κ1) is 15.7. The summed E-state index contributed by atoms with van der Waals surface area (Å²) in [7, 11) is -4.04. The molecule has 0 aromatic heterocycles. The molecule has 21 heavy (non-hydrogen) atoms. The Bertz CT molecular complexity index is 739. The molecule has 0 bridgehead atoms. The van der Waals surface area contributed by atoms with Crippen LogP contribution < -0.4 is 4.72 Å². The number of halogens is 1. The molecule has 0 unspecified atom stereocenters. The number of nitrogens with one attached hydrogen (secondary N) is 1. The van der Waals surface area contributed by atoms with Crippen LogP contribution in [0.15, 0.2) is 23.1 Å². The highest BCUT2D eigenvalue weighted by molar-refractivity contribution is 7.89. The van der Waals surface area contributed by atoms with E-state index in [4.69, 9.17) is 11.6 Å². The molecule has 0 spiro atoms. The number of sulfonamides is 1. The van der Waals surface area contributed by atoms with E-state index in [1.54, 1.807) is 0 Å². The molecule has 1 saturated carbocycles. The molecule has 2 rings (SSSR count). The van der Waals surface area contributed by atoms with Crippen molar-refractivity contribution in [1.29, 1.82) is 5.26 Å². The van der Waals surface area contributed by atoms with Gasteiger partial charge in [0.2, 0.25) is 10.0 Å². The first-order valence-corrected chi connectivity index (χ1v) is 7.95. The van der Waals surface area contributed by atoms with Crippen molar-refractivity contribution >= 4 is 27.3 Å². The van der Waals surface area contributed by atoms with Gasteiger partial charge in [-0.05, 0) is 37.8 Å². The van der Waals surface area contributed by atoms with E-state index >= 15 is 0 Å². The standard InChI is InChI=1S/C12H12ClN3O4S/c1-12(7-14,8-2-3-8)15-21(19,20)9-4-5-10(13)11(6-9)16(17)18/h4-6,8,15H,2-3H2,1H3/t12-/m1/s1. The van der Waals surface area contributed by atoms with Gasteiger partial charge in [-0.25, -0.2) is 8.42 Å². The van der Waals surface area contributed by atoms with E-state index in [0.29, 0.717) is 0 Å². The summed E-state index contributed by atoms with van der Waals surface area (Å²) >= 11 is 5.65. The zero-order valence-electron chi connectivity index (χ0n) is 11.0. The molecular weight excluding hydrogens is 318 g/mol. The second-order valence-corrected chi connectivity index (χ2v) is 7.15. The maximum Gasteiger partial charge on any atom is 0.289 e. The van der Waals surface area contributed by atoms with Gasteiger partial charge in [-0.15, -0.1) is 0 Å². The normalized spacial score (nSPS) is 17.8. The fourth-order valence-electron chi connectivity index (χ4n) is 2.00. The van der Waals surface area contributed by atoms with E-state index in [9.17, 15) is 23.8 Å². The van der Waals surface area contributed by atoms with Gasteiger partial charge in [0.1, 0.15) is 10.6 Å². The minimum atomic E-state index is -4.04. The lowest BCUT2D eigenvalue weighted by atomic mass is 10.0. The third kappa shape index (κ3) is 3.15. The van der Waals surface area contributed by atoms with Gasteiger partial charge in [0.25, 0.3) is 5.69 Å². The summed E-state index contributed by atoms with van der Waals surface area (Å²) in [5.41, 5.74) is -1.71. The highest BCUT2D eigenvalue weighted by Gasteiger charge is 2.45. The summed E-state index contributed by atoms with van der Waals surface area (Å²) in [6, 6.07) is 5.17. The molecule has 0 radical (unpaired) electrons. The van der Waals surface area contributed by atoms with Gasteiger partial charge in [0, 0.05) is 6.07 Å². The summed E-state index contributed by atoms with van der Waals surface area (Å²) in [6.07, 6.45) is 1.54. The first-order valence-electron chi connectivity index (χ1n) is 6.09. The summed E-state index contributed by atoms with van der Waals surface area (Å²) in [5, 5.41) is 19.9. The van der Waals surface area contributed by atoms with Crippen LogP contribution in [-0.4, -0.2) is 18.9 Å². The molecule has 1 fully saturated rings. The first-order chi connectivity index (χ1) is 9.69. The zero-order valence-corrected chi connectivity index (χ0v) is 12.6. The van der Waals surface area contributed by atoms with Crippen LogP contribution in [0.5, 0.6) is 0 Å². The molecule has 7 nitrogen and oxygen atoms in total. The maximum atomic E-state index is 12.3. The molecule has 1 aliphatic carbocycles. The van der Waals surface area contributed by atoms with Crippen LogP contribution in [-0.2, 0) is 10.0 Å². The maximum absolute atomic E-state index is 12.3. The smallest absolute Gasteiger partial charge is 0.258 e. The molecule has 112 valence electrons. The molecule has 1 aromatic carbocycles. The van der Waals surface area contributed by atoms with Crippen LogP contribution in [0, 0.1) is 27.4 Å². The molecule has 0 aliphatic heterocycles. The molecule has 0 saturated heterocycles. The van der Waals surface area contributed by atoms with Crippen LogP contribution in [0.2, 0.25) is 5.02 Å². The van der Waals surface area contributed by atoms with E-state index < -0.39 is 26.2 Å². The van der Waals surface area contributed by atoms with Crippen molar-refractivity contribution in [3.8, 4) is 6.07 Å². The Morgan fingerprint density at radius 1 is 1.52 bits per heavy atom. The van der Waals surface area contributed by atoms with Gasteiger partial charge in [0.15, 0.2) is 0 Å². The van der Waals surface area contributed by atoms with Crippen molar-refractivity contribution in [2.45, 2.75) is 30.2 Å². The largest absolute Gasteiger partial charge is 0.289 e. The Hall–Kier alpha value is -1.69. The molecule has 0 amide bonds. The second kappa shape index (κ2) is 5.26. The zero-order chi connectivity index (χ0) is 15.8. The average molecular weight is 330 g/mol. The van der Waals surface area contributed by atoms with E-state index in [-0.39, 0.29) is 15.8 Å². The number of hydrogen-bond donors (Lipinski definition) is 1. The van der Waals surface area contributed by atoms with Crippen molar-refractivity contribution in [3.05, 3.63) is 33.3 Å². The van der Waals surface area contributed by atoms with Crippen molar-refractivity contribution in [2.24, 2.45) is 5.92 Å². The van der Waals surface area contributed by atoms with Crippen LogP contribution in [0.25, 0.3) is 0 Å². The third-order valence-electron chi connectivity index (χ3n) is 3.40. The molecule has 1 aliphatic rings. The molecule has 0 heterocycles. The number of nitriles is 1. The van der Waals surface area contributed by atoms with Crippen LogP contribution >= 0.6 is 11.6 Å². The van der Waals surface area contributed by atoms with Crippen molar-refractivity contribution in [1.82, 2.24) is 4.72 Å².